The van der Waals surface area contributed by atoms with E-state index in [0.717, 1.165) is 0 Å². The summed E-state index contributed by atoms with van der Waals surface area (Å²) in [5.41, 5.74) is -0.598. The number of carbonyl (C=O) groups excluding carboxylic acids is 1. The Morgan fingerprint density at radius 2 is 1.86 bits per heavy atom. The first-order valence-corrected chi connectivity index (χ1v) is 6.66. The number of halogens is 2. The molecular weight excluding hydrogens is 280 g/mol. The van der Waals surface area contributed by atoms with Gasteiger partial charge in [-0.3, -0.25) is 4.79 Å². The van der Waals surface area contributed by atoms with E-state index in [1.807, 2.05) is 0 Å². The van der Waals surface area contributed by atoms with Gasteiger partial charge in [-0.1, -0.05) is 18.2 Å². The molecule has 1 aliphatic rings. The fourth-order valence-corrected chi connectivity index (χ4v) is 2.43. The minimum Gasteiger partial charge on any atom is -0.417 e. The van der Waals surface area contributed by atoms with E-state index < -0.39 is 17.5 Å². The smallest absolute Gasteiger partial charge is 0.344 e. The van der Waals surface area contributed by atoms with E-state index in [2.05, 4.69) is 0 Å². The molecule has 0 aliphatic carbocycles. The Kier molecular flexibility index (Phi) is 3.23. The summed E-state index contributed by atoms with van der Waals surface area (Å²) >= 11 is 0. The zero-order chi connectivity index (χ0) is 15.0. The number of fused-ring (bicyclic) bond motifs is 1. The van der Waals surface area contributed by atoms with Crippen LogP contribution in [-0.4, -0.2) is 29.8 Å². The van der Waals surface area contributed by atoms with Crippen molar-refractivity contribution in [3.8, 4) is 0 Å². The molecule has 1 aromatic heterocycles. The zero-order valence-corrected chi connectivity index (χ0v) is 11.1. The molecule has 1 aliphatic heterocycles. The summed E-state index contributed by atoms with van der Waals surface area (Å²) in [4.78, 5) is 25.4. The van der Waals surface area contributed by atoms with Crippen LogP contribution in [0.5, 0.6) is 0 Å². The first kappa shape index (κ1) is 13.7. The van der Waals surface area contributed by atoms with Gasteiger partial charge in [0, 0.05) is 25.9 Å². The second-order valence-electron chi connectivity index (χ2n) is 5.13. The van der Waals surface area contributed by atoms with Crippen LogP contribution in [0, 0.1) is 0 Å². The molecule has 0 unspecified atom stereocenters. The molecule has 2 heterocycles. The number of nitrogens with zero attached hydrogens (tertiary/aromatic N) is 1. The number of hydrogen-bond acceptors (Lipinski definition) is 3. The summed E-state index contributed by atoms with van der Waals surface area (Å²) in [6.07, 6.45) is -0.729. The number of likely N-dealkylation sites (tertiary alicyclic amines) is 1. The molecule has 3 rings (SSSR count). The van der Waals surface area contributed by atoms with Gasteiger partial charge in [0.25, 0.3) is 11.8 Å². The lowest BCUT2D eigenvalue weighted by atomic mass is 10.1. The van der Waals surface area contributed by atoms with Gasteiger partial charge in [0.1, 0.15) is 0 Å². The summed E-state index contributed by atoms with van der Waals surface area (Å²) in [6, 6.07) is 8.24. The van der Waals surface area contributed by atoms with Crippen LogP contribution >= 0.6 is 0 Å². The number of benzene rings is 1. The lowest BCUT2D eigenvalue weighted by molar-refractivity contribution is -0.0498. The first-order chi connectivity index (χ1) is 9.96. The molecular formula is C15H13F2NO3. The number of carbonyl (C=O) groups is 1. The van der Waals surface area contributed by atoms with E-state index in [1.54, 1.807) is 24.3 Å². The van der Waals surface area contributed by atoms with Crippen molar-refractivity contribution >= 4 is 16.7 Å². The van der Waals surface area contributed by atoms with Crippen molar-refractivity contribution in [2.75, 3.05) is 13.1 Å². The second-order valence-corrected chi connectivity index (χ2v) is 5.13. The van der Waals surface area contributed by atoms with E-state index in [-0.39, 0.29) is 31.7 Å². The fourth-order valence-electron chi connectivity index (χ4n) is 2.43. The highest BCUT2D eigenvalue weighted by Crippen LogP contribution is 2.28. The lowest BCUT2D eigenvalue weighted by Crippen LogP contribution is -2.42. The Morgan fingerprint density at radius 1 is 1.19 bits per heavy atom. The number of hydrogen-bond donors (Lipinski definition) is 0. The van der Waals surface area contributed by atoms with E-state index in [4.69, 9.17) is 4.42 Å². The second kappa shape index (κ2) is 4.95. The predicted octanol–water partition coefficient (Wildman–Crippen LogP) is 2.66. The van der Waals surface area contributed by atoms with E-state index >= 15 is 0 Å². The van der Waals surface area contributed by atoms with Crippen LogP contribution in [0.1, 0.15) is 23.4 Å². The van der Waals surface area contributed by atoms with Crippen LogP contribution < -0.4 is 5.63 Å². The topological polar surface area (TPSA) is 50.5 Å². The number of alkyl halides is 2. The van der Waals surface area contributed by atoms with Crippen LogP contribution in [0.25, 0.3) is 10.8 Å². The van der Waals surface area contributed by atoms with Gasteiger partial charge < -0.3 is 9.32 Å². The first-order valence-electron chi connectivity index (χ1n) is 6.66. The van der Waals surface area contributed by atoms with Crippen LogP contribution in [0.3, 0.4) is 0 Å². The van der Waals surface area contributed by atoms with Crippen molar-refractivity contribution in [1.29, 1.82) is 0 Å². The highest BCUT2D eigenvalue weighted by molar-refractivity contribution is 5.95. The lowest BCUT2D eigenvalue weighted by Gasteiger charge is -2.31. The van der Waals surface area contributed by atoms with Crippen molar-refractivity contribution in [3.63, 3.8) is 0 Å². The average Bonchev–Trinajstić information content (AvgIpc) is 2.46. The molecule has 1 fully saturated rings. The van der Waals surface area contributed by atoms with Crippen molar-refractivity contribution in [1.82, 2.24) is 4.90 Å². The van der Waals surface area contributed by atoms with Crippen LogP contribution in [0.4, 0.5) is 8.78 Å². The fraction of sp³-hybridized carbons (Fsp3) is 0.333. The molecule has 0 bridgehead atoms. The normalized spacial score (nSPS) is 17.9. The largest absolute Gasteiger partial charge is 0.417 e. The molecule has 4 nitrogen and oxygen atoms in total. The van der Waals surface area contributed by atoms with Crippen molar-refractivity contribution in [2.24, 2.45) is 0 Å². The van der Waals surface area contributed by atoms with Crippen LogP contribution in [0.2, 0.25) is 0 Å². The van der Waals surface area contributed by atoms with Gasteiger partial charge in [-0.15, -0.1) is 0 Å². The molecule has 2 aromatic rings. The maximum atomic E-state index is 13.1. The summed E-state index contributed by atoms with van der Waals surface area (Å²) in [6.45, 7) is -0.0786. The molecule has 1 aromatic carbocycles. The quantitative estimate of drug-likeness (QED) is 0.812. The summed E-state index contributed by atoms with van der Waals surface area (Å²) in [5.74, 6) is -3.35. The molecule has 6 heteroatoms. The molecule has 1 amide bonds. The zero-order valence-electron chi connectivity index (χ0n) is 11.1. The van der Waals surface area contributed by atoms with Crippen molar-refractivity contribution < 1.29 is 18.0 Å². The minimum absolute atomic E-state index is 0.0393. The van der Waals surface area contributed by atoms with Crippen LogP contribution in [0.15, 0.2) is 39.5 Å². The van der Waals surface area contributed by atoms with Crippen molar-refractivity contribution in [3.05, 3.63) is 46.5 Å². The van der Waals surface area contributed by atoms with Gasteiger partial charge in [0.05, 0.1) is 5.39 Å². The maximum absolute atomic E-state index is 13.1. The molecule has 0 saturated carbocycles. The average molecular weight is 293 g/mol. The molecule has 110 valence electrons. The molecule has 21 heavy (non-hydrogen) atoms. The summed E-state index contributed by atoms with van der Waals surface area (Å²) < 4.78 is 31.2. The Bertz CT molecular complexity index is 744. The van der Waals surface area contributed by atoms with E-state index in [0.29, 0.717) is 10.8 Å². The predicted molar refractivity (Wildman–Crippen MR) is 72.6 cm³/mol. The summed E-state index contributed by atoms with van der Waals surface area (Å²) in [7, 11) is 0. The highest BCUT2D eigenvalue weighted by Gasteiger charge is 2.36. The van der Waals surface area contributed by atoms with E-state index in [9.17, 15) is 18.4 Å². The summed E-state index contributed by atoms with van der Waals surface area (Å²) in [5, 5.41) is 0.985. The molecule has 0 N–H and O–H groups in total. The SMILES string of the molecule is O=C(c1cc2ccccc2c(=O)o1)N1CCC(F)(F)CC1. The molecule has 0 radical (unpaired) electrons. The Labute approximate surface area is 119 Å². The number of piperidine rings is 1. The molecule has 0 spiro atoms. The van der Waals surface area contributed by atoms with Gasteiger partial charge in [-0.25, -0.2) is 13.6 Å². The minimum atomic E-state index is -2.72. The van der Waals surface area contributed by atoms with Gasteiger partial charge in [0.15, 0.2) is 5.76 Å². The molecule has 0 atom stereocenters. The molecule has 1 saturated heterocycles. The Hall–Kier alpha value is -2.24. The van der Waals surface area contributed by atoms with Gasteiger partial charge in [-0.2, -0.15) is 0 Å². The number of rotatable bonds is 1. The standard InChI is InChI=1S/C15H13F2NO3/c16-15(17)5-7-18(8-6-15)13(19)12-9-10-3-1-2-4-11(10)14(20)21-12/h1-4,9H,5-8H2. The van der Waals surface area contributed by atoms with Gasteiger partial charge >= 0.3 is 5.63 Å². The monoisotopic (exact) mass is 293 g/mol. The Balaban J connectivity index is 1.90. The third-order valence-electron chi connectivity index (χ3n) is 3.66. The van der Waals surface area contributed by atoms with Gasteiger partial charge in [0.2, 0.25) is 0 Å². The highest BCUT2D eigenvalue weighted by atomic mass is 19.3. The third-order valence-corrected chi connectivity index (χ3v) is 3.66. The van der Waals surface area contributed by atoms with E-state index in [1.165, 1.54) is 11.0 Å². The van der Waals surface area contributed by atoms with Crippen LogP contribution in [-0.2, 0) is 0 Å². The van der Waals surface area contributed by atoms with Crippen molar-refractivity contribution in [2.45, 2.75) is 18.8 Å². The Morgan fingerprint density at radius 3 is 2.57 bits per heavy atom. The maximum Gasteiger partial charge on any atom is 0.344 e. The third kappa shape index (κ3) is 2.66. The number of amides is 1. The van der Waals surface area contributed by atoms with Gasteiger partial charge in [-0.05, 0) is 17.5 Å².